The third-order valence-corrected chi connectivity index (χ3v) is 4.45. The lowest BCUT2D eigenvalue weighted by atomic mass is 10.0. The smallest absolute Gasteiger partial charge is 0.288 e. The highest BCUT2D eigenvalue weighted by molar-refractivity contribution is 7.99. The number of hydrogen-bond donors (Lipinski definition) is 1. The van der Waals surface area contributed by atoms with E-state index in [9.17, 15) is 8.78 Å². The van der Waals surface area contributed by atoms with Gasteiger partial charge in [-0.1, -0.05) is 11.8 Å². The molecular formula is C14H18F2N2S2. The molecule has 1 fully saturated rings. The Kier molecular flexibility index (Phi) is 5.60. The fourth-order valence-corrected chi connectivity index (χ4v) is 3.20. The molecule has 110 valence electrons. The highest BCUT2D eigenvalue weighted by Gasteiger charge is 2.20. The lowest BCUT2D eigenvalue weighted by Crippen LogP contribution is -2.44. The Morgan fingerprint density at radius 3 is 2.65 bits per heavy atom. The molecule has 0 unspecified atom stereocenters. The van der Waals surface area contributed by atoms with Crippen LogP contribution in [-0.4, -0.2) is 28.4 Å². The summed E-state index contributed by atoms with van der Waals surface area (Å²) in [6, 6.07) is 7.39. The standard InChI is InChI=1S/C14H18F2N2S2/c1-10-4-2-3-9-18(10)14(19)17-11-5-7-12(8-6-11)20-13(15)16/h5-8,10,13H,2-4,9H2,1H3,(H,17,19)/t10-/m0/s1. The highest BCUT2D eigenvalue weighted by atomic mass is 32.2. The van der Waals surface area contributed by atoms with Crippen LogP contribution in [0.1, 0.15) is 26.2 Å². The number of thiocarbonyl (C=S) groups is 1. The van der Waals surface area contributed by atoms with Crippen molar-refractivity contribution >= 4 is 34.8 Å². The number of thioether (sulfide) groups is 1. The van der Waals surface area contributed by atoms with E-state index in [0.717, 1.165) is 25.1 Å². The minimum absolute atomic E-state index is 0.456. The zero-order chi connectivity index (χ0) is 14.5. The molecule has 0 radical (unpaired) electrons. The van der Waals surface area contributed by atoms with Crippen molar-refractivity contribution in [2.45, 2.75) is 42.9 Å². The molecule has 6 heteroatoms. The number of piperidine rings is 1. The molecule has 1 heterocycles. The van der Waals surface area contributed by atoms with Crippen LogP contribution in [0.5, 0.6) is 0 Å². The Balaban J connectivity index is 1.93. The van der Waals surface area contributed by atoms with Gasteiger partial charge in [0.1, 0.15) is 0 Å². The summed E-state index contributed by atoms with van der Waals surface area (Å²) in [5.74, 6) is -2.39. The van der Waals surface area contributed by atoms with Gasteiger partial charge in [0.15, 0.2) is 5.11 Å². The topological polar surface area (TPSA) is 15.3 Å². The second-order valence-corrected chi connectivity index (χ2v) is 6.32. The van der Waals surface area contributed by atoms with Crippen LogP contribution in [0.3, 0.4) is 0 Å². The van der Waals surface area contributed by atoms with Crippen molar-refractivity contribution in [3.63, 3.8) is 0 Å². The molecule has 0 saturated carbocycles. The molecule has 0 amide bonds. The predicted molar refractivity (Wildman–Crippen MR) is 84.5 cm³/mol. The van der Waals surface area contributed by atoms with Gasteiger partial charge in [-0.2, -0.15) is 8.78 Å². The first-order valence-corrected chi connectivity index (χ1v) is 7.97. The summed E-state index contributed by atoms with van der Waals surface area (Å²) >= 11 is 5.98. The number of hydrogen-bond acceptors (Lipinski definition) is 2. The van der Waals surface area contributed by atoms with Crippen molar-refractivity contribution in [2.24, 2.45) is 0 Å². The quantitative estimate of drug-likeness (QED) is 0.648. The van der Waals surface area contributed by atoms with E-state index in [1.165, 1.54) is 6.42 Å². The van der Waals surface area contributed by atoms with Crippen LogP contribution in [0.2, 0.25) is 0 Å². The molecule has 1 aromatic rings. The summed E-state index contributed by atoms with van der Waals surface area (Å²) < 4.78 is 24.5. The molecule has 0 aliphatic carbocycles. The molecule has 0 aromatic heterocycles. The second kappa shape index (κ2) is 7.22. The van der Waals surface area contributed by atoms with Gasteiger partial charge < -0.3 is 10.2 Å². The van der Waals surface area contributed by atoms with Crippen LogP contribution in [0.25, 0.3) is 0 Å². The van der Waals surface area contributed by atoms with Crippen LogP contribution < -0.4 is 5.32 Å². The summed E-state index contributed by atoms with van der Waals surface area (Å²) in [7, 11) is 0. The fraction of sp³-hybridized carbons (Fsp3) is 0.500. The van der Waals surface area contributed by atoms with E-state index in [4.69, 9.17) is 12.2 Å². The number of anilines is 1. The fourth-order valence-electron chi connectivity index (χ4n) is 2.31. The minimum Gasteiger partial charge on any atom is -0.346 e. The number of likely N-dealkylation sites (tertiary alicyclic amines) is 1. The van der Waals surface area contributed by atoms with Gasteiger partial charge in [0, 0.05) is 23.2 Å². The molecule has 0 bridgehead atoms. The molecule has 1 aliphatic heterocycles. The Morgan fingerprint density at radius 2 is 2.05 bits per heavy atom. The monoisotopic (exact) mass is 316 g/mol. The van der Waals surface area contributed by atoms with Gasteiger partial charge in [0.25, 0.3) is 5.76 Å². The van der Waals surface area contributed by atoms with Crippen LogP contribution in [-0.2, 0) is 0 Å². The normalized spacial score (nSPS) is 19.2. The summed E-state index contributed by atoms with van der Waals surface area (Å²) in [5, 5.41) is 3.90. The highest BCUT2D eigenvalue weighted by Crippen LogP contribution is 2.26. The number of alkyl halides is 2. The average molecular weight is 316 g/mol. The van der Waals surface area contributed by atoms with Crippen LogP contribution >= 0.6 is 24.0 Å². The van der Waals surface area contributed by atoms with Crippen molar-refractivity contribution in [3.05, 3.63) is 24.3 Å². The predicted octanol–water partition coefficient (Wildman–Crippen LogP) is 4.57. The first-order chi connectivity index (χ1) is 9.56. The molecule has 2 nitrogen and oxygen atoms in total. The third kappa shape index (κ3) is 4.31. The van der Waals surface area contributed by atoms with E-state index in [0.29, 0.717) is 27.8 Å². The Labute approximate surface area is 127 Å². The first kappa shape index (κ1) is 15.5. The Morgan fingerprint density at radius 1 is 1.35 bits per heavy atom. The summed E-state index contributed by atoms with van der Waals surface area (Å²) in [5.41, 5.74) is 0.839. The van der Waals surface area contributed by atoms with Gasteiger partial charge in [0.05, 0.1) is 0 Å². The number of rotatable bonds is 3. The number of nitrogens with one attached hydrogen (secondary N) is 1. The van der Waals surface area contributed by atoms with E-state index in [1.807, 2.05) is 0 Å². The Hall–Kier alpha value is -0.880. The zero-order valence-electron chi connectivity index (χ0n) is 11.3. The largest absolute Gasteiger partial charge is 0.346 e. The van der Waals surface area contributed by atoms with Crippen molar-refractivity contribution in [1.29, 1.82) is 0 Å². The molecule has 1 atom stereocenters. The van der Waals surface area contributed by atoms with E-state index in [1.54, 1.807) is 24.3 Å². The zero-order valence-corrected chi connectivity index (χ0v) is 12.9. The molecule has 1 aromatic carbocycles. The number of benzene rings is 1. The van der Waals surface area contributed by atoms with Gasteiger partial charge in [-0.15, -0.1) is 0 Å². The van der Waals surface area contributed by atoms with Crippen LogP contribution in [0, 0.1) is 0 Å². The van der Waals surface area contributed by atoms with Crippen molar-refractivity contribution in [1.82, 2.24) is 4.90 Å². The lowest BCUT2D eigenvalue weighted by Gasteiger charge is -2.35. The van der Waals surface area contributed by atoms with Gasteiger partial charge in [-0.25, -0.2) is 0 Å². The van der Waals surface area contributed by atoms with Crippen molar-refractivity contribution < 1.29 is 8.78 Å². The van der Waals surface area contributed by atoms with E-state index in [2.05, 4.69) is 17.1 Å². The molecule has 20 heavy (non-hydrogen) atoms. The molecule has 1 N–H and O–H groups in total. The second-order valence-electron chi connectivity index (χ2n) is 4.87. The number of halogens is 2. The summed E-state index contributed by atoms with van der Waals surface area (Å²) in [6.45, 7) is 3.15. The number of nitrogens with zero attached hydrogens (tertiary/aromatic N) is 1. The van der Waals surface area contributed by atoms with Crippen LogP contribution in [0.4, 0.5) is 14.5 Å². The summed E-state index contributed by atoms with van der Waals surface area (Å²) in [6.07, 6.45) is 3.57. The maximum absolute atomic E-state index is 12.2. The van der Waals surface area contributed by atoms with Gasteiger partial charge >= 0.3 is 0 Å². The first-order valence-electron chi connectivity index (χ1n) is 6.69. The van der Waals surface area contributed by atoms with Gasteiger partial charge in [0.2, 0.25) is 0 Å². The maximum Gasteiger partial charge on any atom is 0.288 e. The van der Waals surface area contributed by atoms with Crippen molar-refractivity contribution in [2.75, 3.05) is 11.9 Å². The molecule has 2 rings (SSSR count). The molecule has 1 aliphatic rings. The lowest BCUT2D eigenvalue weighted by molar-refractivity contribution is 0.252. The van der Waals surface area contributed by atoms with Gasteiger partial charge in [-0.05, 0) is 62.7 Å². The third-order valence-electron chi connectivity index (χ3n) is 3.39. The SMILES string of the molecule is C[C@H]1CCCCN1C(=S)Nc1ccc(SC(F)F)cc1. The molecule has 1 saturated heterocycles. The Bertz CT molecular complexity index is 451. The van der Waals surface area contributed by atoms with Crippen molar-refractivity contribution in [3.8, 4) is 0 Å². The van der Waals surface area contributed by atoms with E-state index < -0.39 is 5.76 Å². The molecule has 0 spiro atoms. The summed E-state index contributed by atoms with van der Waals surface area (Å²) in [4.78, 5) is 2.75. The maximum atomic E-state index is 12.2. The average Bonchev–Trinajstić information content (AvgIpc) is 2.41. The van der Waals surface area contributed by atoms with E-state index in [-0.39, 0.29) is 0 Å². The molecular weight excluding hydrogens is 298 g/mol. The minimum atomic E-state index is -2.39. The van der Waals surface area contributed by atoms with Crippen LogP contribution in [0.15, 0.2) is 29.2 Å². The van der Waals surface area contributed by atoms with Gasteiger partial charge in [-0.3, -0.25) is 0 Å². The van der Waals surface area contributed by atoms with E-state index >= 15 is 0 Å².